The number of carbonyl (C=O) groups excluding carboxylic acids is 1. The number of pyridine rings is 1. The first-order valence-corrected chi connectivity index (χ1v) is 20.6. The van der Waals surface area contributed by atoms with Gasteiger partial charge in [-0.15, -0.1) is 0 Å². The molecule has 4 heterocycles. The second-order valence-corrected chi connectivity index (χ2v) is 16.9. The summed E-state index contributed by atoms with van der Waals surface area (Å²) in [7, 11) is -2.61. The number of hydrogen-bond acceptors (Lipinski definition) is 9. The third kappa shape index (κ3) is 7.99. The summed E-state index contributed by atoms with van der Waals surface area (Å²) in [6.45, 7) is -1.97. The molecule has 14 nitrogen and oxygen atoms in total. The van der Waals surface area contributed by atoms with Crippen molar-refractivity contribution in [3.8, 4) is 11.6 Å². The van der Waals surface area contributed by atoms with Crippen LogP contribution in [0.25, 0.3) is 27.6 Å². The van der Waals surface area contributed by atoms with Gasteiger partial charge in [-0.3, -0.25) is 28.2 Å². The molecule has 1 fully saturated rings. The first-order valence-electron chi connectivity index (χ1n) is 18.3. The number of amides is 1. The van der Waals surface area contributed by atoms with Crippen molar-refractivity contribution in [3.63, 3.8) is 0 Å². The van der Waals surface area contributed by atoms with Crippen molar-refractivity contribution in [2.45, 2.75) is 56.3 Å². The van der Waals surface area contributed by atoms with E-state index in [1.165, 1.54) is 19.2 Å². The summed E-state index contributed by atoms with van der Waals surface area (Å²) >= 11 is 6.54. The maximum Gasteiger partial charge on any atom is 0.392 e. The van der Waals surface area contributed by atoms with Gasteiger partial charge >= 0.3 is 6.18 Å². The Labute approximate surface area is 347 Å². The third-order valence-electron chi connectivity index (χ3n) is 10.3. The van der Waals surface area contributed by atoms with Crippen LogP contribution in [0.3, 0.4) is 0 Å². The highest BCUT2D eigenvalue weighted by Crippen LogP contribution is 2.68. The quantitative estimate of drug-likeness (QED) is 0.119. The van der Waals surface area contributed by atoms with Gasteiger partial charge in [-0.2, -0.15) is 37.1 Å². The van der Waals surface area contributed by atoms with Gasteiger partial charge < -0.3 is 10.1 Å². The van der Waals surface area contributed by atoms with Crippen LogP contribution in [0.2, 0.25) is 5.02 Å². The summed E-state index contributed by atoms with van der Waals surface area (Å²) in [6, 6.07) is 5.39. The van der Waals surface area contributed by atoms with Gasteiger partial charge in [-0.05, 0) is 48.2 Å². The summed E-state index contributed by atoms with van der Waals surface area (Å²) in [5, 5.41) is 10.0. The molecule has 1 saturated carbocycles. The number of hydrogen-bond donors (Lipinski definition) is 2. The lowest BCUT2D eigenvalue weighted by Gasteiger charge is -2.24. The van der Waals surface area contributed by atoms with Crippen LogP contribution in [0.4, 0.5) is 45.3 Å². The Balaban J connectivity index is 1.32. The van der Waals surface area contributed by atoms with Gasteiger partial charge in [0, 0.05) is 37.1 Å². The number of rotatable bonds is 13. The Morgan fingerprint density at radius 1 is 1.06 bits per heavy atom. The molecule has 0 bridgehead atoms. The number of halogens is 10. The van der Waals surface area contributed by atoms with Gasteiger partial charge in [0.05, 0.1) is 52.3 Å². The van der Waals surface area contributed by atoms with E-state index in [9.17, 15) is 48.7 Å². The van der Waals surface area contributed by atoms with Crippen LogP contribution in [0.15, 0.2) is 47.3 Å². The minimum Gasteiger partial charge on any atom is -0.477 e. The molecule has 6 aromatic rings. The van der Waals surface area contributed by atoms with E-state index in [0.29, 0.717) is 10.7 Å². The predicted octanol–water partition coefficient (Wildman–Crippen LogP) is 6.74. The van der Waals surface area contributed by atoms with Gasteiger partial charge in [-0.25, -0.2) is 31.0 Å². The van der Waals surface area contributed by atoms with Gasteiger partial charge in [-0.1, -0.05) is 11.6 Å². The summed E-state index contributed by atoms with van der Waals surface area (Å²) in [4.78, 5) is 37.4. The molecule has 1 amide bonds. The fraction of sp³-hybridized carbons (Fsp3) is 0.351. The largest absolute Gasteiger partial charge is 0.477 e. The van der Waals surface area contributed by atoms with Crippen LogP contribution in [-0.2, 0) is 40.8 Å². The number of aryl methyl sites for hydroxylation is 1. The van der Waals surface area contributed by atoms with E-state index in [-0.39, 0.29) is 50.4 Å². The Morgan fingerprint density at radius 2 is 1.77 bits per heavy atom. The van der Waals surface area contributed by atoms with Crippen molar-refractivity contribution >= 4 is 55.3 Å². The lowest BCUT2D eigenvalue weighted by atomic mass is 10.0. The van der Waals surface area contributed by atoms with Gasteiger partial charge in [0.1, 0.15) is 35.4 Å². The average molecular weight is 918 g/mol. The second-order valence-electron chi connectivity index (χ2n) is 14.8. The van der Waals surface area contributed by atoms with E-state index in [1.807, 2.05) is 0 Å². The highest BCUT2D eigenvalue weighted by Gasteiger charge is 2.67. The van der Waals surface area contributed by atoms with E-state index in [1.54, 1.807) is 0 Å². The van der Waals surface area contributed by atoms with E-state index >= 15 is 8.78 Å². The fourth-order valence-corrected chi connectivity index (χ4v) is 8.53. The van der Waals surface area contributed by atoms with Crippen LogP contribution >= 0.6 is 11.6 Å². The SMILES string of the molecule is Cn1nc(NS(C)(=O)=O)c2c(Cl)ccc(-n3c([C@H](Cc4cc(F)cc(F)c4)NC(=O)Cn4nc(C(F)F)c5c4C(F)(F)[C@@H]4C[C@H]54)nc4nc(OCCC(F)(F)F)ccc4c3=O)c21. The molecule has 2 aliphatic rings. The first-order chi connectivity index (χ1) is 29.0. The molecule has 0 radical (unpaired) electrons. The molecule has 2 aliphatic carbocycles. The van der Waals surface area contributed by atoms with Crippen molar-refractivity contribution in [1.82, 2.24) is 39.4 Å². The topological polar surface area (TPSA) is 168 Å². The monoisotopic (exact) mass is 917 g/mol. The van der Waals surface area contributed by atoms with Gasteiger partial charge in [0.25, 0.3) is 17.9 Å². The molecule has 2 aromatic carbocycles. The maximum absolute atomic E-state index is 15.5. The molecule has 0 aliphatic heterocycles. The lowest BCUT2D eigenvalue weighted by Crippen LogP contribution is -2.38. The minimum absolute atomic E-state index is 0.0116. The molecule has 8 rings (SSSR count). The lowest BCUT2D eigenvalue weighted by molar-refractivity contribution is -0.139. The zero-order chi connectivity index (χ0) is 44.8. The molecular formula is C37H29ClF9N9O5S. The molecule has 4 aromatic heterocycles. The normalized spacial score (nSPS) is 17.4. The van der Waals surface area contributed by atoms with Crippen molar-refractivity contribution in [2.24, 2.45) is 13.0 Å². The predicted molar refractivity (Wildman–Crippen MR) is 202 cm³/mol. The number of alkyl halides is 7. The Hall–Kier alpha value is -5.91. The minimum atomic E-state index is -4.60. The number of fused-ring (bicyclic) bond motifs is 5. The summed E-state index contributed by atoms with van der Waals surface area (Å²) in [5.74, 6) is -10.2. The molecule has 62 heavy (non-hydrogen) atoms. The van der Waals surface area contributed by atoms with Crippen molar-refractivity contribution < 1.29 is 57.5 Å². The van der Waals surface area contributed by atoms with Crippen LogP contribution in [-0.4, -0.2) is 67.5 Å². The number of ether oxygens (including phenoxy) is 1. The third-order valence-corrected chi connectivity index (χ3v) is 11.2. The molecule has 0 saturated heterocycles. The highest BCUT2D eigenvalue weighted by molar-refractivity contribution is 7.92. The standard InChI is InChI=1S/C37H29ClF9N9O5S/c1-54-29-23(5-4-21(38)27(29)33(52-54)53-62(2,59)60)56-34(50-32-18(35(56)58)3-6-25(49-32)61-8-7-36(43,44)45)22(11-15-9-16(39)12-17(40)10-15)48-24(57)14-55-30-26(28(51-55)31(41)42)19-13-20(19)37(30,46)47/h3-6,9-10,12,19-20,22,31H,7-8,11,13-14H2,1-2H3,(H,48,57)(H,52,53)/t19-,20+,22-/m0/s1. The van der Waals surface area contributed by atoms with E-state index in [4.69, 9.17) is 16.3 Å². The Kier molecular flexibility index (Phi) is 10.5. The molecular weight excluding hydrogens is 889 g/mol. The summed E-state index contributed by atoms with van der Waals surface area (Å²) < 4.78 is 162. The van der Waals surface area contributed by atoms with Crippen LogP contribution in [0, 0.1) is 17.6 Å². The molecule has 0 unspecified atom stereocenters. The van der Waals surface area contributed by atoms with Crippen molar-refractivity contribution in [1.29, 1.82) is 0 Å². The highest BCUT2D eigenvalue weighted by atomic mass is 35.5. The zero-order valence-electron chi connectivity index (χ0n) is 31.7. The first kappa shape index (κ1) is 42.8. The Morgan fingerprint density at radius 3 is 2.44 bits per heavy atom. The molecule has 25 heteroatoms. The van der Waals surface area contributed by atoms with E-state index in [2.05, 4.69) is 30.2 Å². The van der Waals surface area contributed by atoms with Gasteiger partial charge in [0.2, 0.25) is 21.8 Å². The number of benzene rings is 2. The maximum atomic E-state index is 15.5. The molecule has 2 N–H and O–H groups in total. The zero-order valence-corrected chi connectivity index (χ0v) is 33.3. The van der Waals surface area contributed by atoms with E-state index in [0.717, 1.165) is 39.8 Å². The molecule has 0 spiro atoms. The molecule has 3 atom stereocenters. The van der Waals surface area contributed by atoms with Gasteiger partial charge in [0.15, 0.2) is 11.5 Å². The smallest absolute Gasteiger partial charge is 0.392 e. The summed E-state index contributed by atoms with van der Waals surface area (Å²) in [5.41, 5.74) is -3.87. The van der Waals surface area contributed by atoms with Crippen LogP contribution in [0.1, 0.15) is 59.6 Å². The average Bonchev–Trinajstić information content (AvgIpc) is 3.69. The number of nitrogens with one attached hydrogen (secondary N) is 2. The number of carbonyl (C=O) groups is 1. The number of nitrogens with zero attached hydrogens (tertiary/aromatic N) is 7. The van der Waals surface area contributed by atoms with E-state index < -0.39 is 124 Å². The summed E-state index contributed by atoms with van der Waals surface area (Å²) in [6.07, 6.45) is -9.06. The molecule has 328 valence electrons. The number of anilines is 1. The van der Waals surface area contributed by atoms with Crippen molar-refractivity contribution in [3.05, 3.63) is 97.8 Å². The Bertz CT molecular complexity index is 2970. The van der Waals surface area contributed by atoms with Crippen molar-refractivity contribution in [2.75, 3.05) is 17.6 Å². The number of sulfonamides is 1. The number of aromatic nitrogens is 7. The van der Waals surface area contributed by atoms with Crippen LogP contribution < -0.4 is 20.3 Å². The fourth-order valence-electron chi connectivity index (χ4n) is 7.80. The second kappa shape index (κ2) is 15.2. The van der Waals surface area contributed by atoms with Crippen LogP contribution in [0.5, 0.6) is 5.88 Å².